The minimum Gasteiger partial charge on any atom is -0.483 e. The molecule has 11 heteroatoms. The van der Waals surface area contributed by atoms with Crippen molar-refractivity contribution in [2.75, 3.05) is 74.2 Å². The third kappa shape index (κ3) is 8.61. The predicted molar refractivity (Wildman–Crippen MR) is 200 cm³/mol. The second-order valence-electron chi connectivity index (χ2n) is 11.3. The van der Waals surface area contributed by atoms with Crippen molar-refractivity contribution in [1.82, 2.24) is 0 Å². The van der Waals surface area contributed by atoms with E-state index in [0.29, 0.717) is 24.6 Å². The highest BCUT2D eigenvalue weighted by atomic mass is 16.5. The topological polar surface area (TPSA) is 160 Å². The van der Waals surface area contributed by atoms with Crippen LogP contribution in [0.1, 0.15) is 47.3 Å². The van der Waals surface area contributed by atoms with E-state index in [1.54, 1.807) is 0 Å². The van der Waals surface area contributed by atoms with Crippen LogP contribution in [0.25, 0.3) is 0 Å². The van der Waals surface area contributed by atoms with Crippen LogP contribution in [-0.4, -0.2) is 48.1 Å². The largest absolute Gasteiger partial charge is 0.483 e. The second kappa shape index (κ2) is 17.1. The van der Waals surface area contributed by atoms with E-state index in [9.17, 15) is 4.79 Å². The lowest BCUT2D eigenvalue weighted by Crippen LogP contribution is -2.19. The smallest absolute Gasteiger partial charge is 0.147 e. The Bertz CT molecular complexity index is 1520. The fourth-order valence-electron chi connectivity index (χ4n) is 5.61. The lowest BCUT2D eigenvalue weighted by molar-refractivity contribution is -0.122. The summed E-state index contributed by atoms with van der Waals surface area (Å²) in [5.41, 5.74) is 20.6. The zero-order chi connectivity index (χ0) is 34.6. The number of nitrogens with two attached hydrogens (primary N) is 2. The normalized spacial score (nSPS) is 12.0. The summed E-state index contributed by atoms with van der Waals surface area (Å²) in [4.78, 5) is 14.2. The average Bonchev–Trinajstić information content (AvgIpc) is 3.13. The van der Waals surface area contributed by atoms with Crippen molar-refractivity contribution >= 4 is 39.9 Å². The first-order chi connectivity index (χ1) is 23.3. The Balaban J connectivity index is 1.71. The van der Waals surface area contributed by atoms with Gasteiger partial charge in [0.15, 0.2) is 0 Å². The number of Topliss-reactive ketones (excluding diaryl/α,β-unsaturated/α-hetero) is 1. The molecule has 4 rings (SSSR count). The van der Waals surface area contributed by atoms with Gasteiger partial charge < -0.3 is 52.8 Å². The summed E-state index contributed by atoms with van der Waals surface area (Å²) in [5, 5.41) is 19.4. The van der Waals surface area contributed by atoms with Crippen LogP contribution >= 0.6 is 0 Å². The number of benzene rings is 4. The highest BCUT2D eigenvalue weighted by molar-refractivity contribution is 5.83. The number of hydrogen-bond donors (Lipinski definition) is 8. The SMILES string of the molecule is CNc1cc(NC)c(NC)c(OC(CC(=O)CC(Oc2cc(NC)cc(NC)c2NC)c2ccc(CN)cc2)c2ccc(CN)cc2)c1. The van der Waals surface area contributed by atoms with Crippen LogP contribution < -0.4 is 52.8 Å². The Hall–Kier alpha value is -5.13. The number of ketones is 1. The Morgan fingerprint density at radius 2 is 0.938 bits per heavy atom. The molecule has 0 amide bonds. The monoisotopic (exact) mass is 654 g/mol. The molecule has 4 aromatic carbocycles. The molecule has 0 radical (unpaired) electrons. The number of rotatable bonds is 18. The Kier molecular flexibility index (Phi) is 12.8. The molecule has 2 unspecified atom stereocenters. The highest BCUT2D eigenvalue weighted by Crippen LogP contribution is 2.41. The number of hydrogen-bond acceptors (Lipinski definition) is 11. The van der Waals surface area contributed by atoms with E-state index in [1.165, 1.54) is 0 Å². The maximum Gasteiger partial charge on any atom is 0.147 e. The Labute approximate surface area is 284 Å². The maximum absolute atomic E-state index is 14.2. The molecule has 0 aliphatic rings. The van der Waals surface area contributed by atoms with Gasteiger partial charge in [-0.15, -0.1) is 0 Å². The number of anilines is 6. The van der Waals surface area contributed by atoms with Crippen LogP contribution in [0, 0.1) is 0 Å². The van der Waals surface area contributed by atoms with Crippen molar-refractivity contribution in [1.29, 1.82) is 0 Å². The van der Waals surface area contributed by atoms with E-state index < -0.39 is 12.2 Å². The Morgan fingerprint density at radius 3 is 1.23 bits per heavy atom. The van der Waals surface area contributed by atoms with E-state index in [2.05, 4.69) is 31.9 Å². The van der Waals surface area contributed by atoms with Crippen LogP contribution in [0.4, 0.5) is 34.1 Å². The van der Waals surface area contributed by atoms with Gasteiger partial charge in [0.25, 0.3) is 0 Å². The minimum absolute atomic E-state index is 0.0231. The summed E-state index contributed by atoms with van der Waals surface area (Å²) in [6.45, 7) is 0.843. The summed E-state index contributed by atoms with van der Waals surface area (Å²) in [6.07, 6.45) is -0.932. The molecule has 4 aromatic rings. The number of nitrogens with one attached hydrogen (secondary N) is 6. The van der Waals surface area contributed by atoms with E-state index in [4.69, 9.17) is 20.9 Å². The molecule has 2 atom stereocenters. The molecule has 0 saturated carbocycles. The van der Waals surface area contributed by atoms with Crippen molar-refractivity contribution in [3.8, 4) is 11.5 Å². The van der Waals surface area contributed by atoms with Crippen LogP contribution in [0.15, 0.2) is 72.8 Å². The molecule has 48 heavy (non-hydrogen) atoms. The molecule has 11 nitrogen and oxygen atoms in total. The van der Waals surface area contributed by atoms with Gasteiger partial charge in [-0.05, 0) is 34.4 Å². The van der Waals surface area contributed by atoms with Gasteiger partial charge in [-0.25, -0.2) is 0 Å². The molecule has 0 aliphatic heterocycles. The molecule has 0 saturated heterocycles. The average molecular weight is 655 g/mol. The van der Waals surface area contributed by atoms with Crippen LogP contribution in [0.5, 0.6) is 11.5 Å². The molecule has 0 spiro atoms. The second-order valence-corrected chi connectivity index (χ2v) is 11.3. The number of carbonyl (C=O) groups excluding carboxylic acids is 1. The van der Waals surface area contributed by atoms with Crippen molar-refractivity contribution in [3.63, 3.8) is 0 Å². The van der Waals surface area contributed by atoms with Gasteiger partial charge in [0, 0.05) is 91.7 Å². The first kappa shape index (κ1) is 35.7. The van der Waals surface area contributed by atoms with Gasteiger partial charge in [-0.2, -0.15) is 0 Å². The minimum atomic E-state index is -0.579. The molecule has 0 bridgehead atoms. The molecule has 10 N–H and O–H groups in total. The summed E-state index contributed by atoms with van der Waals surface area (Å²) in [7, 11) is 11.1. The zero-order valence-electron chi connectivity index (χ0n) is 28.8. The van der Waals surface area contributed by atoms with Gasteiger partial charge in [-0.1, -0.05) is 48.5 Å². The van der Waals surface area contributed by atoms with Gasteiger partial charge in [-0.3, -0.25) is 4.79 Å². The van der Waals surface area contributed by atoms with Crippen LogP contribution in [0.3, 0.4) is 0 Å². The first-order valence-electron chi connectivity index (χ1n) is 16.2. The van der Waals surface area contributed by atoms with Crippen molar-refractivity contribution in [2.45, 2.75) is 38.1 Å². The third-order valence-corrected chi connectivity index (χ3v) is 8.36. The van der Waals surface area contributed by atoms with Crippen molar-refractivity contribution in [3.05, 3.63) is 95.1 Å². The van der Waals surface area contributed by atoms with Crippen LogP contribution in [-0.2, 0) is 17.9 Å². The summed E-state index contributed by atoms with van der Waals surface area (Å²) in [5.74, 6) is 1.20. The molecule has 0 fully saturated rings. The predicted octanol–water partition coefficient (Wildman–Crippen LogP) is 6.14. The Morgan fingerprint density at radius 1 is 0.562 bits per heavy atom. The molecule has 256 valence electrons. The van der Waals surface area contributed by atoms with Crippen LogP contribution in [0.2, 0.25) is 0 Å². The summed E-state index contributed by atoms with van der Waals surface area (Å²) >= 11 is 0. The quantitative estimate of drug-likeness (QED) is 0.0622. The van der Waals surface area contributed by atoms with Gasteiger partial charge in [0.2, 0.25) is 0 Å². The fourth-order valence-corrected chi connectivity index (χ4v) is 5.61. The van der Waals surface area contributed by atoms with Gasteiger partial charge in [0.05, 0.1) is 11.4 Å². The number of ether oxygens (including phenoxy) is 2. The fraction of sp³-hybridized carbons (Fsp3) is 0.324. The number of carbonyl (C=O) groups is 1. The van der Waals surface area contributed by atoms with E-state index in [-0.39, 0.29) is 18.6 Å². The van der Waals surface area contributed by atoms with E-state index >= 15 is 0 Å². The summed E-state index contributed by atoms with van der Waals surface area (Å²) in [6, 6.07) is 23.6. The molecule has 0 heterocycles. The standard InChI is InChI=1S/C37H50N8O3/c1-40-27-15-30(42-3)36(44-5)34(17-27)47-32(25-11-7-23(21-38)8-12-25)19-29(46)20-33(26-13-9-24(22-39)10-14-26)48-35-18-28(41-2)16-31(43-4)37(35)45-6/h7-18,32-33,40-45H,19-22,38-39H2,1-6H3. The van der Waals surface area contributed by atoms with E-state index in [1.807, 2.05) is 115 Å². The molecular weight excluding hydrogens is 604 g/mol. The summed E-state index contributed by atoms with van der Waals surface area (Å²) < 4.78 is 13.4. The zero-order valence-corrected chi connectivity index (χ0v) is 28.8. The lowest BCUT2D eigenvalue weighted by atomic mass is 9.97. The lowest BCUT2D eigenvalue weighted by Gasteiger charge is -2.25. The maximum atomic E-state index is 14.2. The van der Waals surface area contributed by atoms with E-state index in [0.717, 1.165) is 56.4 Å². The molecule has 0 aliphatic carbocycles. The van der Waals surface area contributed by atoms with Crippen molar-refractivity contribution in [2.24, 2.45) is 11.5 Å². The van der Waals surface area contributed by atoms with Gasteiger partial charge in [0.1, 0.15) is 40.9 Å². The third-order valence-electron chi connectivity index (χ3n) is 8.36. The first-order valence-corrected chi connectivity index (χ1v) is 16.2. The molecular formula is C37H50N8O3. The van der Waals surface area contributed by atoms with Gasteiger partial charge >= 0.3 is 0 Å². The molecule has 0 aromatic heterocycles. The highest BCUT2D eigenvalue weighted by Gasteiger charge is 2.26. The van der Waals surface area contributed by atoms with Crippen molar-refractivity contribution < 1.29 is 14.3 Å².